The SMILES string of the molecule is O=C(CCC(=O)N1CCOC(c2ccccc2)C1)c1ccc(Cl)s1. The number of ether oxygens (including phenoxy) is 1. The van der Waals surface area contributed by atoms with Crippen molar-refractivity contribution in [2.45, 2.75) is 18.9 Å². The minimum Gasteiger partial charge on any atom is -0.370 e. The highest BCUT2D eigenvalue weighted by molar-refractivity contribution is 7.18. The molecule has 1 saturated heterocycles. The van der Waals surface area contributed by atoms with E-state index in [1.54, 1.807) is 17.0 Å². The topological polar surface area (TPSA) is 46.6 Å². The fourth-order valence-corrected chi connectivity index (χ4v) is 3.72. The molecule has 1 aliphatic heterocycles. The van der Waals surface area contributed by atoms with Crippen LogP contribution in [0.1, 0.15) is 34.2 Å². The molecule has 4 nitrogen and oxygen atoms in total. The van der Waals surface area contributed by atoms with Gasteiger partial charge in [0.05, 0.1) is 22.4 Å². The Labute approximate surface area is 150 Å². The van der Waals surface area contributed by atoms with Gasteiger partial charge in [0.2, 0.25) is 5.91 Å². The number of rotatable bonds is 5. The summed E-state index contributed by atoms with van der Waals surface area (Å²) in [6.45, 7) is 1.61. The maximum atomic E-state index is 12.4. The van der Waals surface area contributed by atoms with Crippen LogP contribution in [-0.2, 0) is 9.53 Å². The van der Waals surface area contributed by atoms with Gasteiger partial charge in [-0.05, 0) is 17.7 Å². The molecular weight excluding hydrogens is 346 g/mol. The summed E-state index contributed by atoms with van der Waals surface area (Å²) in [5, 5.41) is 0. The van der Waals surface area contributed by atoms with Crippen molar-refractivity contribution in [3.05, 3.63) is 57.2 Å². The number of ketones is 1. The number of hydrogen-bond acceptors (Lipinski definition) is 4. The first-order chi connectivity index (χ1) is 11.6. The summed E-state index contributed by atoms with van der Waals surface area (Å²) in [6.07, 6.45) is 0.328. The Kier molecular flexibility index (Phi) is 5.66. The second-order valence-electron chi connectivity index (χ2n) is 5.64. The van der Waals surface area contributed by atoms with Gasteiger partial charge >= 0.3 is 0 Å². The average Bonchev–Trinajstić information content (AvgIpc) is 3.07. The quantitative estimate of drug-likeness (QED) is 0.755. The number of nitrogens with zero attached hydrogens (tertiary/aromatic N) is 1. The van der Waals surface area contributed by atoms with E-state index >= 15 is 0 Å². The molecule has 2 aromatic rings. The van der Waals surface area contributed by atoms with Crippen LogP contribution in [0.15, 0.2) is 42.5 Å². The highest BCUT2D eigenvalue weighted by atomic mass is 35.5. The van der Waals surface area contributed by atoms with Crippen molar-refractivity contribution in [2.24, 2.45) is 0 Å². The van der Waals surface area contributed by atoms with Crippen molar-refractivity contribution in [1.82, 2.24) is 4.90 Å². The molecule has 0 spiro atoms. The predicted molar refractivity (Wildman–Crippen MR) is 94.6 cm³/mol. The van der Waals surface area contributed by atoms with Crippen LogP contribution in [0, 0.1) is 0 Å². The molecule has 1 aromatic heterocycles. The number of benzene rings is 1. The first-order valence-electron chi connectivity index (χ1n) is 7.86. The minimum absolute atomic E-state index is 0.00441. The zero-order valence-corrected chi connectivity index (χ0v) is 14.7. The fraction of sp³-hybridized carbons (Fsp3) is 0.333. The number of morpholine rings is 1. The van der Waals surface area contributed by atoms with Crippen molar-refractivity contribution in [1.29, 1.82) is 0 Å². The van der Waals surface area contributed by atoms with E-state index in [2.05, 4.69) is 0 Å². The van der Waals surface area contributed by atoms with E-state index in [1.807, 2.05) is 30.3 Å². The smallest absolute Gasteiger partial charge is 0.223 e. The van der Waals surface area contributed by atoms with Crippen LogP contribution in [-0.4, -0.2) is 36.3 Å². The third-order valence-electron chi connectivity index (χ3n) is 4.00. The molecule has 1 aliphatic rings. The minimum atomic E-state index is -0.101. The summed E-state index contributed by atoms with van der Waals surface area (Å²) in [7, 11) is 0. The lowest BCUT2D eigenvalue weighted by Crippen LogP contribution is -2.42. The van der Waals surface area contributed by atoms with Gasteiger partial charge in [-0.15, -0.1) is 11.3 Å². The largest absolute Gasteiger partial charge is 0.370 e. The molecule has 1 fully saturated rings. The monoisotopic (exact) mass is 363 g/mol. The lowest BCUT2D eigenvalue weighted by atomic mass is 10.1. The van der Waals surface area contributed by atoms with Gasteiger partial charge in [0.1, 0.15) is 6.10 Å². The molecule has 1 unspecified atom stereocenters. The summed E-state index contributed by atoms with van der Waals surface area (Å²) in [5.41, 5.74) is 1.07. The third-order valence-corrected chi connectivity index (χ3v) is 5.28. The standard InChI is InChI=1S/C18H18ClNO3S/c19-17-8-7-16(24-17)14(21)6-9-18(22)20-10-11-23-15(12-20)13-4-2-1-3-5-13/h1-5,7-8,15H,6,9-12H2. The Hall–Kier alpha value is -1.69. The number of thiophene rings is 1. The van der Waals surface area contributed by atoms with E-state index in [4.69, 9.17) is 16.3 Å². The number of halogens is 1. The normalized spacial score (nSPS) is 17.7. The molecule has 1 amide bonds. The number of carbonyl (C=O) groups is 2. The lowest BCUT2D eigenvalue weighted by molar-refractivity contribution is -0.139. The van der Waals surface area contributed by atoms with E-state index in [1.165, 1.54) is 11.3 Å². The maximum absolute atomic E-state index is 12.4. The number of amides is 1. The highest BCUT2D eigenvalue weighted by Gasteiger charge is 2.25. The van der Waals surface area contributed by atoms with Gasteiger partial charge in [0.25, 0.3) is 0 Å². The van der Waals surface area contributed by atoms with E-state index in [-0.39, 0.29) is 30.6 Å². The summed E-state index contributed by atoms with van der Waals surface area (Å²) in [4.78, 5) is 26.9. The van der Waals surface area contributed by atoms with Crippen LogP contribution < -0.4 is 0 Å². The van der Waals surface area contributed by atoms with Crippen molar-refractivity contribution < 1.29 is 14.3 Å². The van der Waals surface area contributed by atoms with Gasteiger partial charge in [0.15, 0.2) is 5.78 Å². The van der Waals surface area contributed by atoms with Gasteiger partial charge in [0, 0.05) is 19.4 Å². The summed E-state index contributed by atoms with van der Waals surface area (Å²) in [6, 6.07) is 13.3. The molecule has 0 saturated carbocycles. The molecule has 1 aromatic carbocycles. The number of carbonyl (C=O) groups excluding carboxylic acids is 2. The van der Waals surface area contributed by atoms with Crippen LogP contribution in [0.3, 0.4) is 0 Å². The second-order valence-corrected chi connectivity index (χ2v) is 7.35. The molecule has 24 heavy (non-hydrogen) atoms. The van der Waals surface area contributed by atoms with Crippen LogP contribution >= 0.6 is 22.9 Å². The van der Waals surface area contributed by atoms with Crippen LogP contribution in [0.2, 0.25) is 4.34 Å². The maximum Gasteiger partial charge on any atom is 0.223 e. The van der Waals surface area contributed by atoms with Gasteiger partial charge < -0.3 is 9.64 Å². The summed E-state index contributed by atoms with van der Waals surface area (Å²) >= 11 is 7.09. The van der Waals surface area contributed by atoms with E-state index in [9.17, 15) is 9.59 Å². The van der Waals surface area contributed by atoms with Gasteiger partial charge in [-0.2, -0.15) is 0 Å². The molecule has 6 heteroatoms. The Morgan fingerprint density at radius 2 is 1.96 bits per heavy atom. The first kappa shape index (κ1) is 17.1. The Morgan fingerprint density at radius 1 is 1.17 bits per heavy atom. The third kappa shape index (κ3) is 4.23. The van der Waals surface area contributed by atoms with Gasteiger partial charge in [-0.25, -0.2) is 0 Å². The number of Topliss-reactive ketones (excluding diaryl/α,β-unsaturated/α-hetero) is 1. The number of hydrogen-bond donors (Lipinski definition) is 0. The van der Waals surface area contributed by atoms with E-state index in [0.29, 0.717) is 28.9 Å². The van der Waals surface area contributed by atoms with Crippen LogP contribution in [0.25, 0.3) is 0 Å². The fourth-order valence-electron chi connectivity index (χ4n) is 2.71. The predicted octanol–water partition coefficient (Wildman–Crippen LogP) is 3.96. The molecular formula is C18H18ClNO3S. The van der Waals surface area contributed by atoms with Crippen molar-refractivity contribution in [3.63, 3.8) is 0 Å². The molecule has 3 rings (SSSR count). The lowest BCUT2D eigenvalue weighted by Gasteiger charge is -2.33. The zero-order valence-electron chi connectivity index (χ0n) is 13.1. The molecule has 0 aliphatic carbocycles. The van der Waals surface area contributed by atoms with Gasteiger partial charge in [-0.1, -0.05) is 41.9 Å². The van der Waals surface area contributed by atoms with E-state index in [0.717, 1.165) is 5.56 Å². The van der Waals surface area contributed by atoms with Crippen LogP contribution in [0.5, 0.6) is 0 Å². The Bertz CT molecular complexity index is 716. The Morgan fingerprint density at radius 3 is 2.67 bits per heavy atom. The highest BCUT2D eigenvalue weighted by Crippen LogP contribution is 2.24. The summed E-state index contributed by atoms with van der Waals surface area (Å²) in [5.74, 6) is -0.0386. The van der Waals surface area contributed by atoms with Crippen molar-refractivity contribution in [2.75, 3.05) is 19.7 Å². The Balaban J connectivity index is 1.54. The molecule has 0 bridgehead atoms. The van der Waals surface area contributed by atoms with Crippen molar-refractivity contribution in [3.8, 4) is 0 Å². The van der Waals surface area contributed by atoms with Gasteiger partial charge in [-0.3, -0.25) is 9.59 Å². The molecule has 0 radical (unpaired) electrons. The molecule has 126 valence electrons. The van der Waals surface area contributed by atoms with E-state index < -0.39 is 0 Å². The molecule has 2 heterocycles. The average molecular weight is 364 g/mol. The first-order valence-corrected chi connectivity index (χ1v) is 9.06. The second kappa shape index (κ2) is 7.92. The van der Waals surface area contributed by atoms with Crippen molar-refractivity contribution >= 4 is 34.6 Å². The molecule has 0 N–H and O–H groups in total. The summed E-state index contributed by atoms with van der Waals surface area (Å²) < 4.78 is 6.35. The zero-order chi connectivity index (χ0) is 16.9. The van der Waals surface area contributed by atoms with Crippen LogP contribution in [0.4, 0.5) is 0 Å². The molecule has 1 atom stereocenters.